The van der Waals surface area contributed by atoms with E-state index in [0.717, 1.165) is 6.42 Å². The standard InChI is InChI=1S/C11H21NS/c1-4-6-7-8-11-12-10(5-2)9(3)13-11/h9,11H,4-8H2,1-3H3/t9-,11-/m1/s1. The molecule has 0 aromatic heterocycles. The molecule has 2 heteroatoms. The SMILES string of the molecule is CCCCC[C@@H]1N=C(CC)[C@@H](C)S1. The summed E-state index contributed by atoms with van der Waals surface area (Å²) in [4.78, 5) is 4.74. The van der Waals surface area contributed by atoms with E-state index in [2.05, 4.69) is 20.8 Å². The van der Waals surface area contributed by atoms with Crippen LogP contribution in [0.5, 0.6) is 0 Å². The molecule has 0 aliphatic carbocycles. The maximum Gasteiger partial charge on any atom is 0.0957 e. The summed E-state index contributed by atoms with van der Waals surface area (Å²) in [5, 5.41) is 1.26. The van der Waals surface area contributed by atoms with Crippen LogP contribution in [0.4, 0.5) is 0 Å². The van der Waals surface area contributed by atoms with E-state index in [4.69, 9.17) is 4.99 Å². The Morgan fingerprint density at radius 3 is 2.62 bits per heavy atom. The number of hydrogen-bond donors (Lipinski definition) is 0. The maximum atomic E-state index is 4.74. The highest BCUT2D eigenvalue weighted by atomic mass is 32.2. The summed E-state index contributed by atoms with van der Waals surface area (Å²) in [5.74, 6) is 0. The fraction of sp³-hybridized carbons (Fsp3) is 0.909. The third-order valence-corrected chi connectivity index (χ3v) is 3.89. The molecule has 0 saturated carbocycles. The molecule has 1 heterocycles. The normalized spacial score (nSPS) is 27.8. The number of thioether (sulfide) groups is 1. The summed E-state index contributed by atoms with van der Waals surface area (Å²) in [6, 6.07) is 0. The van der Waals surface area contributed by atoms with E-state index in [1.165, 1.54) is 31.4 Å². The molecule has 0 saturated heterocycles. The lowest BCUT2D eigenvalue weighted by Gasteiger charge is -2.06. The van der Waals surface area contributed by atoms with Crippen molar-refractivity contribution >= 4 is 17.5 Å². The largest absolute Gasteiger partial charge is 0.279 e. The van der Waals surface area contributed by atoms with E-state index in [1.807, 2.05) is 11.8 Å². The van der Waals surface area contributed by atoms with Crippen molar-refractivity contribution in [3.63, 3.8) is 0 Å². The second-order valence-electron chi connectivity index (χ2n) is 3.70. The van der Waals surface area contributed by atoms with Crippen LogP contribution in [-0.2, 0) is 0 Å². The minimum atomic E-state index is 0.580. The topological polar surface area (TPSA) is 12.4 Å². The summed E-state index contributed by atoms with van der Waals surface area (Å²) >= 11 is 2.04. The van der Waals surface area contributed by atoms with Crippen LogP contribution in [0.2, 0.25) is 0 Å². The van der Waals surface area contributed by atoms with E-state index in [9.17, 15) is 0 Å². The van der Waals surface area contributed by atoms with Gasteiger partial charge in [-0.15, -0.1) is 11.8 Å². The van der Waals surface area contributed by atoms with Crippen molar-refractivity contribution in [2.75, 3.05) is 0 Å². The highest BCUT2D eigenvalue weighted by Crippen LogP contribution is 2.31. The van der Waals surface area contributed by atoms with E-state index in [-0.39, 0.29) is 0 Å². The van der Waals surface area contributed by atoms with Crippen molar-refractivity contribution in [3.05, 3.63) is 0 Å². The van der Waals surface area contributed by atoms with Gasteiger partial charge < -0.3 is 0 Å². The quantitative estimate of drug-likeness (QED) is 0.612. The van der Waals surface area contributed by atoms with Gasteiger partial charge in [-0.3, -0.25) is 4.99 Å². The molecular weight excluding hydrogens is 178 g/mol. The first-order valence-corrected chi connectivity index (χ1v) is 6.44. The van der Waals surface area contributed by atoms with Crippen LogP contribution in [0.3, 0.4) is 0 Å². The van der Waals surface area contributed by atoms with Gasteiger partial charge in [-0.1, -0.05) is 33.1 Å². The molecule has 0 aromatic carbocycles. The van der Waals surface area contributed by atoms with Gasteiger partial charge in [0.1, 0.15) is 0 Å². The van der Waals surface area contributed by atoms with Gasteiger partial charge in [-0.25, -0.2) is 0 Å². The van der Waals surface area contributed by atoms with Crippen LogP contribution in [0.1, 0.15) is 52.9 Å². The first kappa shape index (κ1) is 11.1. The molecule has 2 atom stereocenters. The van der Waals surface area contributed by atoms with Gasteiger partial charge in [0.25, 0.3) is 0 Å². The summed E-state index contributed by atoms with van der Waals surface area (Å²) < 4.78 is 0. The summed E-state index contributed by atoms with van der Waals surface area (Å²) in [6.45, 7) is 6.75. The third kappa shape index (κ3) is 3.34. The Hall–Kier alpha value is 0.0200. The number of hydrogen-bond acceptors (Lipinski definition) is 2. The molecule has 0 bridgehead atoms. The minimum Gasteiger partial charge on any atom is -0.279 e. The predicted molar refractivity (Wildman–Crippen MR) is 62.7 cm³/mol. The van der Waals surface area contributed by atoms with Crippen LogP contribution in [0.25, 0.3) is 0 Å². The van der Waals surface area contributed by atoms with Gasteiger partial charge in [0, 0.05) is 11.0 Å². The summed E-state index contributed by atoms with van der Waals surface area (Å²) in [6.07, 6.45) is 6.45. The van der Waals surface area contributed by atoms with Crippen molar-refractivity contribution in [1.82, 2.24) is 0 Å². The van der Waals surface area contributed by atoms with Crippen LogP contribution in [0, 0.1) is 0 Å². The molecule has 1 aliphatic heterocycles. The minimum absolute atomic E-state index is 0.580. The second-order valence-corrected chi connectivity index (χ2v) is 5.23. The molecule has 1 nitrogen and oxygen atoms in total. The van der Waals surface area contributed by atoms with Crippen LogP contribution in [-0.4, -0.2) is 16.3 Å². The monoisotopic (exact) mass is 199 g/mol. The summed E-state index contributed by atoms with van der Waals surface area (Å²) in [5.41, 5.74) is 1.42. The molecule has 0 spiro atoms. The molecule has 76 valence electrons. The second kappa shape index (κ2) is 5.69. The molecule has 13 heavy (non-hydrogen) atoms. The Kier molecular flexibility index (Phi) is 4.86. The van der Waals surface area contributed by atoms with Crippen LogP contribution < -0.4 is 0 Å². The fourth-order valence-corrected chi connectivity index (χ4v) is 3.07. The lowest BCUT2D eigenvalue weighted by Crippen LogP contribution is -2.05. The van der Waals surface area contributed by atoms with Crippen molar-refractivity contribution in [2.24, 2.45) is 4.99 Å². The zero-order valence-corrected chi connectivity index (χ0v) is 9.86. The Labute approximate surface area is 86.4 Å². The number of unbranched alkanes of at least 4 members (excludes halogenated alkanes) is 2. The number of rotatable bonds is 5. The van der Waals surface area contributed by atoms with Crippen molar-refractivity contribution in [3.8, 4) is 0 Å². The number of aliphatic imine (C=N–C) groups is 1. The van der Waals surface area contributed by atoms with Gasteiger partial charge in [-0.05, 0) is 19.8 Å². The smallest absolute Gasteiger partial charge is 0.0957 e. The van der Waals surface area contributed by atoms with E-state index < -0.39 is 0 Å². The molecule has 0 fully saturated rings. The molecule has 1 rings (SSSR count). The average molecular weight is 199 g/mol. The Balaban J connectivity index is 2.26. The first-order chi connectivity index (χ1) is 6.27. The van der Waals surface area contributed by atoms with Crippen LogP contribution in [0.15, 0.2) is 4.99 Å². The van der Waals surface area contributed by atoms with E-state index in [0.29, 0.717) is 10.6 Å². The fourth-order valence-electron chi connectivity index (χ4n) is 1.71. The summed E-state index contributed by atoms with van der Waals surface area (Å²) in [7, 11) is 0. The molecule has 0 N–H and O–H groups in total. The van der Waals surface area contributed by atoms with Gasteiger partial charge >= 0.3 is 0 Å². The predicted octanol–water partition coefficient (Wildman–Crippen LogP) is 3.88. The Morgan fingerprint density at radius 1 is 1.31 bits per heavy atom. The van der Waals surface area contributed by atoms with Gasteiger partial charge in [0.05, 0.1) is 5.37 Å². The molecular formula is C11H21NS. The third-order valence-electron chi connectivity index (χ3n) is 2.56. The molecule has 0 unspecified atom stereocenters. The molecule has 0 amide bonds. The highest BCUT2D eigenvalue weighted by Gasteiger charge is 2.23. The van der Waals surface area contributed by atoms with E-state index >= 15 is 0 Å². The zero-order valence-electron chi connectivity index (χ0n) is 9.05. The van der Waals surface area contributed by atoms with Gasteiger partial charge in [0.2, 0.25) is 0 Å². The lowest BCUT2D eigenvalue weighted by molar-refractivity contribution is 0.658. The Bertz CT molecular complexity index is 177. The van der Waals surface area contributed by atoms with Gasteiger partial charge in [0.15, 0.2) is 0 Å². The number of nitrogens with zero attached hydrogens (tertiary/aromatic N) is 1. The first-order valence-electron chi connectivity index (χ1n) is 5.50. The Morgan fingerprint density at radius 2 is 2.08 bits per heavy atom. The zero-order chi connectivity index (χ0) is 9.68. The van der Waals surface area contributed by atoms with Crippen molar-refractivity contribution in [1.29, 1.82) is 0 Å². The van der Waals surface area contributed by atoms with E-state index in [1.54, 1.807) is 0 Å². The molecule has 0 aromatic rings. The van der Waals surface area contributed by atoms with Crippen molar-refractivity contribution in [2.45, 2.75) is 63.5 Å². The van der Waals surface area contributed by atoms with Crippen LogP contribution >= 0.6 is 11.8 Å². The highest BCUT2D eigenvalue weighted by molar-refractivity contribution is 8.01. The lowest BCUT2D eigenvalue weighted by atomic mass is 10.2. The average Bonchev–Trinajstić information content (AvgIpc) is 2.47. The van der Waals surface area contributed by atoms with Gasteiger partial charge in [-0.2, -0.15) is 0 Å². The molecule has 0 radical (unpaired) electrons. The maximum absolute atomic E-state index is 4.74. The molecule has 1 aliphatic rings. The van der Waals surface area contributed by atoms with Crippen molar-refractivity contribution < 1.29 is 0 Å².